The van der Waals surface area contributed by atoms with Crippen LogP contribution >= 0.6 is 0 Å². The van der Waals surface area contributed by atoms with Gasteiger partial charge in [-0.3, -0.25) is 19.5 Å². The summed E-state index contributed by atoms with van der Waals surface area (Å²) in [7, 11) is 1.51. The molecule has 2 aliphatic rings. The zero-order valence-electron chi connectivity index (χ0n) is 19.6. The number of hydrogen-bond donors (Lipinski definition) is 2. The van der Waals surface area contributed by atoms with E-state index < -0.39 is 29.3 Å². The Kier molecular flexibility index (Phi) is 6.43. The molecule has 2 aromatic heterocycles. The van der Waals surface area contributed by atoms with Gasteiger partial charge >= 0.3 is 0 Å². The number of ether oxygens (including phenoxy) is 3. The Labute approximate surface area is 211 Å². The number of aromatic nitrogens is 2. The van der Waals surface area contributed by atoms with Gasteiger partial charge in [0.25, 0.3) is 11.8 Å². The second-order valence-corrected chi connectivity index (χ2v) is 8.46. The number of benzene rings is 1. The maximum Gasteiger partial charge on any atom is 0.270 e. The summed E-state index contributed by atoms with van der Waals surface area (Å²) in [6, 6.07) is 10.7. The Morgan fingerprint density at radius 3 is 2.81 bits per heavy atom. The van der Waals surface area contributed by atoms with Crippen LogP contribution in [0.5, 0.6) is 17.2 Å². The number of carbonyl (C=O) groups excluding carboxylic acids is 2. The van der Waals surface area contributed by atoms with Crippen molar-refractivity contribution in [2.24, 2.45) is 0 Å². The van der Waals surface area contributed by atoms with Crippen molar-refractivity contribution in [3.63, 3.8) is 0 Å². The smallest absolute Gasteiger partial charge is 0.270 e. The number of carbonyl (C=O) groups is 2. The van der Waals surface area contributed by atoms with E-state index in [9.17, 15) is 19.1 Å². The van der Waals surface area contributed by atoms with E-state index >= 15 is 0 Å². The second kappa shape index (κ2) is 9.85. The second-order valence-electron chi connectivity index (χ2n) is 8.46. The normalized spacial score (nSPS) is 17.8. The van der Waals surface area contributed by atoms with Gasteiger partial charge in [-0.05, 0) is 36.3 Å². The topological polar surface area (TPSA) is 123 Å². The van der Waals surface area contributed by atoms with Gasteiger partial charge in [-0.25, -0.2) is 9.37 Å². The number of rotatable bonds is 4. The molecule has 10 nitrogen and oxygen atoms in total. The van der Waals surface area contributed by atoms with Crippen LogP contribution in [0, 0.1) is 17.7 Å². The average molecular weight is 504 g/mol. The van der Waals surface area contributed by atoms with Crippen LogP contribution in [-0.2, 0) is 9.53 Å². The van der Waals surface area contributed by atoms with E-state index in [1.165, 1.54) is 48.5 Å². The van der Waals surface area contributed by atoms with Crippen LogP contribution in [0.2, 0.25) is 0 Å². The lowest BCUT2D eigenvalue weighted by Crippen LogP contribution is -2.49. The molecule has 0 aliphatic carbocycles. The van der Waals surface area contributed by atoms with Gasteiger partial charge < -0.3 is 24.6 Å². The number of fused-ring (bicyclic) bond motifs is 1. The first kappa shape index (κ1) is 24.2. The minimum atomic E-state index is -1.20. The van der Waals surface area contributed by atoms with Gasteiger partial charge in [-0.2, -0.15) is 0 Å². The zero-order chi connectivity index (χ0) is 26.0. The third kappa shape index (κ3) is 5.35. The highest BCUT2D eigenvalue weighted by Gasteiger charge is 2.34. The molecule has 0 spiro atoms. The predicted octanol–water partition coefficient (Wildman–Crippen LogP) is 1.67. The molecule has 37 heavy (non-hydrogen) atoms. The van der Waals surface area contributed by atoms with E-state index in [0.29, 0.717) is 11.4 Å². The minimum absolute atomic E-state index is 0.000269. The van der Waals surface area contributed by atoms with Crippen LogP contribution in [0.4, 0.5) is 10.2 Å². The SMILES string of the molecule is CN1C(=O)[C@@H](NC(=O)c2cc(Oc3cccc(F)c3)ccn2)COc2ccc(C#CC3(O)COC3)nc21. The van der Waals surface area contributed by atoms with E-state index in [0.717, 1.165) is 0 Å². The van der Waals surface area contributed by atoms with Gasteiger partial charge in [0, 0.05) is 25.4 Å². The lowest BCUT2D eigenvalue weighted by atomic mass is 10.0. The fourth-order valence-electron chi connectivity index (χ4n) is 3.59. The first-order valence-corrected chi connectivity index (χ1v) is 11.2. The Hall–Kier alpha value is -4.53. The number of nitrogens with one attached hydrogen (secondary N) is 1. The van der Waals surface area contributed by atoms with Crippen molar-refractivity contribution in [3.05, 3.63) is 71.9 Å². The van der Waals surface area contributed by atoms with Crippen LogP contribution in [0.15, 0.2) is 54.7 Å². The molecule has 5 rings (SSSR count). The zero-order valence-corrected chi connectivity index (χ0v) is 19.6. The number of hydrogen-bond acceptors (Lipinski definition) is 8. The number of pyridine rings is 2. The molecule has 3 aromatic rings. The maximum absolute atomic E-state index is 13.4. The number of likely N-dealkylation sites (N-methyl/N-ethyl adjacent to an activating group) is 1. The summed E-state index contributed by atoms with van der Waals surface area (Å²) < 4.78 is 29.8. The largest absolute Gasteiger partial charge is 0.487 e. The molecule has 1 saturated heterocycles. The van der Waals surface area contributed by atoms with Gasteiger partial charge in [0.05, 0.1) is 13.2 Å². The van der Waals surface area contributed by atoms with Gasteiger partial charge in [0.15, 0.2) is 17.2 Å². The standard InChI is InChI=1S/C26H21FN4O6/c1-31-23-22(6-5-17(29-23)7-9-26(34)14-35-15-26)36-13-21(25(31)33)30-24(32)20-12-19(8-10-28-20)37-18-4-2-3-16(27)11-18/h2-6,8,10-12,21,34H,13-15H2,1H3,(H,30,32)/t21-/m0/s1. The van der Waals surface area contributed by atoms with E-state index in [-0.39, 0.29) is 42.8 Å². The van der Waals surface area contributed by atoms with Crippen LogP contribution in [0.1, 0.15) is 16.2 Å². The van der Waals surface area contributed by atoms with E-state index in [2.05, 4.69) is 27.1 Å². The fourth-order valence-corrected chi connectivity index (χ4v) is 3.59. The molecule has 11 heteroatoms. The van der Waals surface area contributed by atoms with Crippen LogP contribution in [-0.4, -0.2) is 65.4 Å². The summed E-state index contributed by atoms with van der Waals surface area (Å²) in [5.41, 5.74) is -0.862. The number of aliphatic hydroxyl groups is 1. The molecule has 1 aromatic carbocycles. The van der Waals surface area contributed by atoms with Crippen molar-refractivity contribution in [2.75, 3.05) is 31.8 Å². The molecule has 0 unspecified atom stereocenters. The maximum atomic E-state index is 13.4. The first-order chi connectivity index (χ1) is 17.8. The summed E-state index contributed by atoms with van der Waals surface area (Å²) in [5, 5.41) is 12.7. The Morgan fingerprint density at radius 1 is 1.24 bits per heavy atom. The van der Waals surface area contributed by atoms with Crippen molar-refractivity contribution in [1.29, 1.82) is 0 Å². The summed E-state index contributed by atoms with van der Waals surface area (Å²) in [5.74, 6) is 5.07. The molecule has 2 amide bonds. The third-order valence-electron chi connectivity index (χ3n) is 5.60. The van der Waals surface area contributed by atoms with Crippen LogP contribution < -0.4 is 19.7 Å². The molecule has 2 N–H and O–H groups in total. The molecule has 1 atom stereocenters. The van der Waals surface area contributed by atoms with E-state index in [1.54, 1.807) is 18.2 Å². The highest BCUT2D eigenvalue weighted by atomic mass is 19.1. The van der Waals surface area contributed by atoms with Crippen molar-refractivity contribution in [3.8, 4) is 29.1 Å². The molecule has 4 heterocycles. The molecule has 0 bridgehead atoms. The molecule has 0 radical (unpaired) electrons. The molecular weight excluding hydrogens is 483 g/mol. The van der Waals surface area contributed by atoms with Crippen LogP contribution in [0.25, 0.3) is 0 Å². The minimum Gasteiger partial charge on any atom is -0.487 e. The summed E-state index contributed by atoms with van der Waals surface area (Å²) in [6.07, 6.45) is 1.37. The Bertz CT molecular complexity index is 1430. The van der Waals surface area contributed by atoms with E-state index in [1.807, 2.05) is 0 Å². The third-order valence-corrected chi connectivity index (χ3v) is 5.60. The quantitative estimate of drug-likeness (QED) is 0.515. The van der Waals surface area contributed by atoms with Gasteiger partial charge in [-0.1, -0.05) is 12.0 Å². The van der Waals surface area contributed by atoms with Crippen LogP contribution in [0.3, 0.4) is 0 Å². The molecular formula is C26H21FN4O6. The highest BCUT2D eigenvalue weighted by Crippen LogP contribution is 2.29. The average Bonchev–Trinajstić information content (AvgIpc) is 2.98. The monoisotopic (exact) mass is 504 g/mol. The summed E-state index contributed by atoms with van der Waals surface area (Å²) in [4.78, 5) is 35.7. The first-order valence-electron chi connectivity index (χ1n) is 11.2. The Balaban J connectivity index is 1.29. The highest BCUT2D eigenvalue weighted by molar-refractivity contribution is 6.02. The van der Waals surface area contributed by atoms with Gasteiger partial charge in [0.2, 0.25) is 0 Å². The number of anilines is 1. The van der Waals surface area contributed by atoms with Crippen molar-refractivity contribution < 1.29 is 33.3 Å². The van der Waals surface area contributed by atoms with Crippen molar-refractivity contribution >= 4 is 17.6 Å². The number of halogens is 1. The summed E-state index contributed by atoms with van der Waals surface area (Å²) in [6.45, 7) is 0.121. The number of amides is 2. The Morgan fingerprint density at radius 2 is 2.05 bits per heavy atom. The lowest BCUT2D eigenvalue weighted by Gasteiger charge is -2.30. The lowest BCUT2D eigenvalue weighted by molar-refractivity contribution is -0.140. The van der Waals surface area contributed by atoms with Crippen molar-refractivity contribution in [2.45, 2.75) is 11.6 Å². The predicted molar refractivity (Wildman–Crippen MR) is 128 cm³/mol. The molecule has 1 fully saturated rings. The molecule has 188 valence electrons. The van der Waals surface area contributed by atoms with Gasteiger partial charge in [0.1, 0.15) is 41.4 Å². The van der Waals surface area contributed by atoms with E-state index in [4.69, 9.17) is 14.2 Å². The van der Waals surface area contributed by atoms with Crippen molar-refractivity contribution in [1.82, 2.24) is 15.3 Å². The summed E-state index contributed by atoms with van der Waals surface area (Å²) >= 11 is 0. The number of nitrogens with zero attached hydrogens (tertiary/aromatic N) is 3. The van der Waals surface area contributed by atoms with Gasteiger partial charge in [-0.15, -0.1) is 0 Å². The fraction of sp³-hybridized carbons (Fsp3) is 0.231. The molecule has 2 aliphatic heterocycles. The molecule has 0 saturated carbocycles.